The second-order valence-corrected chi connectivity index (χ2v) is 9.50. The van der Waals surface area contributed by atoms with E-state index in [1.165, 1.54) is 18.4 Å². The molecule has 0 bridgehead atoms. The maximum Gasteiger partial charge on any atom is 0.343 e. The van der Waals surface area contributed by atoms with E-state index >= 15 is 0 Å². The van der Waals surface area contributed by atoms with Crippen molar-refractivity contribution in [2.45, 2.75) is 33.1 Å². The molecule has 10 heteroatoms. The third-order valence-electron chi connectivity index (χ3n) is 5.84. The number of fused-ring (bicyclic) bond motifs is 1. The molecule has 9 nitrogen and oxygen atoms in total. The van der Waals surface area contributed by atoms with Gasteiger partial charge in [0.05, 0.1) is 23.9 Å². The normalized spacial score (nSPS) is 12.5. The summed E-state index contributed by atoms with van der Waals surface area (Å²) >= 11 is 1.27. The summed E-state index contributed by atoms with van der Waals surface area (Å²) < 4.78 is 10.4. The zero-order valence-electron chi connectivity index (χ0n) is 20.5. The average molecular weight is 520 g/mol. The lowest BCUT2D eigenvalue weighted by atomic mass is 10.1. The summed E-state index contributed by atoms with van der Waals surface area (Å²) in [6.07, 6.45) is 2.45. The van der Waals surface area contributed by atoms with E-state index in [0.717, 1.165) is 35.3 Å². The largest absolute Gasteiger partial charge is 0.465 e. The molecule has 0 unspecified atom stereocenters. The maximum atomic E-state index is 12.6. The second kappa shape index (κ2) is 11.2. The summed E-state index contributed by atoms with van der Waals surface area (Å²) in [5, 5.41) is 6.80. The highest BCUT2D eigenvalue weighted by molar-refractivity contribution is 7.17. The van der Waals surface area contributed by atoms with Crippen molar-refractivity contribution in [1.82, 2.24) is 5.43 Å². The quantitative estimate of drug-likeness (QED) is 0.167. The number of nitrogens with zero attached hydrogens (tertiary/aromatic N) is 1. The van der Waals surface area contributed by atoms with Crippen LogP contribution in [-0.4, -0.2) is 36.6 Å². The van der Waals surface area contributed by atoms with Gasteiger partial charge in [0, 0.05) is 10.4 Å². The summed E-state index contributed by atoms with van der Waals surface area (Å²) in [5.74, 6) is -2.82. The number of carbonyl (C=O) groups is 4. The van der Waals surface area contributed by atoms with E-state index in [1.807, 2.05) is 19.1 Å². The van der Waals surface area contributed by atoms with Crippen molar-refractivity contribution in [1.29, 1.82) is 0 Å². The molecule has 0 fully saturated rings. The molecule has 1 aromatic heterocycles. The lowest BCUT2D eigenvalue weighted by Crippen LogP contribution is -2.33. The summed E-state index contributed by atoms with van der Waals surface area (Å²) in [5.41, 5.74) is 5.57. The molecule has 0 aliphatic heterocycles. The third-order valence-corrected chi connectivity index (χ3v) is 7.04. The molecule has 1 heterocycles. The molecule has 190 valence electrons. The van der Waals surface area contributed by atoms with Gasteiger partial charge in [-0.25, -0.2) is 15.0 Å². The number of benzene rings is 2. The first-order valence-electron chi connectivity index (χ1n) is 11.5. The second-order valence-electron chi connectivity index (χ2n) is 8.40. The molecule has 1 aliphatic rings. The number of ether oxygens (including phenoxy) is 2. The fraction of sp³-hybridized carbons (Fsp3) is 0.222. The zero-order chi connectivity index (χ0) is 26.5. The Balaban J connectivity index is 1.45. The third kappa shape index (κ3) is 5.75. The summed E-state index contributed by atoms with van der Waals surface area (Å²) in [6.45, 7) is 3.53. The SMILES string of the molecule is COC(=O)c1c(NC(=O)C(=O)N/N=C(\C)c2ccccc2OC(=O)c2ccc(C)cc2)sc2c1CCC2. The van der Waals surface area contributed by atoms with Crippen LogP contribution in [0.3, 0.4) is 0 Å². The number of esters is 2. The van der Waals surface area contributed by atoms with Crippen LogP contribution in [0, 0.1) is 6.92 Å². The van der Waals surface area contributed by atoms with Crippen LogP contribution in [-0.2, 0) is 27.2 Å². The highest BCUT2D eigenvalue weighted by Crippen LogP contribution is 2.39. The van der Waals surface area contributed by atoms with E-state index in [9.17, 15) is 19.2 Å². The molecule has 2 aromatic carbocycles. The van der Waals surface area contributed by atoms with E-state index in [4.69, 9.17) is 9.47 Å². The number of nitrogens with one attached hydrogen (secondary N) is 2. The number of hydrogen-bond donors (Lipinski definition) is 2. The van der Waals surface area contributed by atoms with Crippen LogP contribution in [0.2, 0.25) is 0 Å². The summed E-state index contributed by atoms with van der Waals surface area (Å²) in [6, 6.07) is 13.7. The van der Waals surface area contributed by atoms with Crippen LogP contribution >= 0.6 is 11.3 Å². The molecule has 0 spiro atoms. The van der Waals surface area contributed by atoms with Crippen molar-refractivity contribution >= 4 is 45.8 Å². The van der Waals surface area contributed by atoms with E-state index in [0.29, 0.717) is 22.4 Å². The van der Waals surface area contributed by atoms with Crippen molar-refractivity contribution in [2.24, 2.45) is 5.10 Å². The predicted molar refractivity (Wildman–Crippen MR) is 139 cm³/mol. The van der Waals surface area contributed by atoms with Gasteiger partial charge in [-0.15, -0.1) is 11.3 Å². The molecule has 2 N–H and O–H groups in total. The molecule has 2 amide bonds. The van der Waals surface area contributed by atoms with Crippen LogP contribution in [0.5, 0.6) is 5.75 Å². The average Bonchev–Trinajstić information content (AvgIpc) is 3.48. The van der Waals surface area contributed by atoms with Crippen LogP contribution < -0.4 is 15.5 Å². The van der Waals surface area contributed by atoms with Gasteiger partial charge in [-0.1, -0.05) is 29.8 Å². The zero-order valence-corrected chi connectivity index (χ0v) is 21.4. The molecule has 0 radical (unpaired) electrons. The lowest BCUT2D eigenvalue weighted by molar-refractivity contribution is -0.136. The number of carbonyl (C=O) groups excluding carboxylic acids is 4. The maximum absolute atomic E-state index is 12.6. The molecular weight excluding hydrogens is 494 g/mol. The van der Waals surface area contributed by atoms with Gasteiger partial charge in [-0.3, -0.25) is 9.59 Å². The Labute approximate surface area is 217 Å². The molecule has 1 aliphatic carbocycles. The predicted octanol–water partition coefficient (Wildman–Crippen LogP) is 4.03. The van der Waals surface area contributed by atoms with Crippen LogP contribution in [0.4, 0.5) is 5.00 Å². The van der Waals surface area contributed by atoms with E-state index in [1.54, 1.807) is 43.3 Å². The number of rotatable bonds is 6. The first-order valence-corrected chi connectivity index (χ1v) is 12.4. The van der Waals surface area contributed by atoms with E-state index in [-0.39, 0.29) is 10.8 Å². The Kier molecular flexibility index (Phi) is 7.78. The first kappa shape index (κ1) is 25.8. The minimum atomic E-state index is -1.02. The number of thiophene rings is 1. The van der Waals surface area contributed by atoms with Gasteiger partial charge < -0.3 is 14.8 Å². The molecule has 37 heavy (non-hydrogen) atoms. The minimum absolute atomic E-state index is 0.254. The summed E-state index contributed by atoms with van der Waals surface area (Å²) in [7, 11) is 1.27. The van der Waals surface area contributed by atoms with Crippen molar-refractivity contribution in [3.63, 3.8) is 0 Å². The fourth-order valence-electron chi connectivity index (χ4n) is 3.92. The number of amides is 2. The fourth-order valence-corrected chi connectivity index (χ4v) is 5.19. The Morgan fingerprint density at radius 1 is 0.946 bits per heavy atom. The lowest BCUT2D eigenvalue weighted by Gasteiger charge is -2.10. The number of para-hydroxylation sites is 1. The van der Waals surface area contributed by atoms with Gasteiger partial charge >= 0.3 is 23.8 Å². The Morgan fingerprint density at radius 3 is 2.41 bits per heavy atom. The Morgan fingerprint density at radius 2 is 1.68 bits per heavy atom. The highest BCUT2D eigenvalue weighted by Gasteiger charge is 2.29. The van der Waals surface area contributed by atoms with Crippen LogP contribution in [0.1, 0.15) is 55.6 Å². The number of anilines is 1. The van der Waals surface area contributed by atoms with Gasteiger partial charge in [0.1, 0.15) is 10.8 Å². The molecular formula is C27H25N3O6S. The number of aryl methyl sites for hydroxylation is 2. The van der Waals surface area contributed by atoms with Crippen molar-refractivity contribution in [3.8, 4) is 5.75 Å². The molecule has 0 saturated carbocycles. The topological polar surface area (TPSA) is 123 Å². The van der Waals surface area contributed by atoms with Crippen molar-refractivity contribution < 1.29 is 28.7 Å². The van der Waals surface area contributed by atoms with Gasteiger partial charge in [0.15, 0.2) is 0 Å². The smallest absolute Gasteiger partial charge is 0.343 e. The van der Waals surface area contributed by atoms with E-state index in [2.05, 4.69) is 15.8 Å². The van der Waals surface area contributed by atoms with Gasteiger partial charge in [0.2, 0.25) is 0 Å². The number of methoxy groups -OCH3 is 1. The van der Waals surface area contributed by atoms with Gasteiger partial charge in [-0.05, 0) is 62.9 Å². The minimum Gasteiger partial charge on any atom is -0.465 e. The number of hydrazone groups is 1. The van der Waals surface area contributed by atoms with Crippen LogP contribution in [0.15, 0.2) is 53.6 Å². The monoisotopic (exact) mass is 519 g/mol. The van der Waals surface area contributed by atoms with Gasteiger partial charge in [-0.2, -0.15) is 5.10 Å². The summed E-state index contributed by atoms with van der Waals surface area (Å²) in [4.78, 5) is 50.8. The highest BCUT2D eigenvalue weighted by atomic mass is 32.1. The van der Waals surface area contributed by atoms with Crippen molar-refractivity contribution in [3.05, 3.63) is 81.2 Å². The molecule has 4 rings (SSSR count). The van der Waals surface area contributed by atoms with Crippen molar-refractivity contribution in [2.75, 3.05) is 12.4 Å². The number of hydrogen-bond acceptors (Lipinski definition) is 8. The van der Waals surface area contributed by atoms with Crippen LogP contribution in [0.25, 0.3) is 0 Å². The molecule has 3 aromatic rings. The molecule has 0 saturated heterocycles. The molecule has 0 atom stereocenters. The Bertz CT molecular complexity index is 1410. The standard InChI is InChI=1S/C27H25N3O6S/c1-15-11-13-17(14-12-15)26(33)36-20-9-5-4-7-18(20)16(2)29-30-24(32)23(31)28-25-22(27(34)35-3)19-8-6-10-21(19)37-25/h4-5,7,9,11-14H,6,8,10H2,1-3H3,(H,28,31)(H,30,32)/b29-16+. The van der Waals surface area contributed by atoms with E-state index < -0.39 is 23.8 Å². The Hall–Kier alpha value is -4.31. The first-order chi connectivity index (χ1) is 17.8. The van der Waals surface area contributed by atoms with Gasteiger partial charge in [0.25, 0.3) is 0 Å².